The Morgan fingerprint density at radius 3 is 1.79 bits per heavy atom. The molecule has 4 nitrogen and oxygen atoms in total. The van der Waals surface area contributed by atoms with Crippen molar-refractivity contribution in [2.75, 3.05) is 0 Å². The van der Waals surface area contributed by atoms with Gasteiger partial charge in [-0.15, -0.1) is 0 Å². The van der Waals surface area contributed by atoms with Gasteiger partial charge in [0.15, 0.2) is 11.6 Å². The summed E-state index contributed by atoms with van der Waals surface area (Å²) in [5.41, 5.74) is 7.05. The molecule has 5 aromatic carbocycles. The van der Waals surface area contributed by atoms with Crippen molar-refractivity contribution < 1.29 is 0 Å². The van der Waals surface area contributed by atoms with Crippen LogP contribution < -0.4 is 0 Å². The van der Waals surface area contributed by atoms with Gasteiger partial charge in [-0.25, -0.2) is 15.0 Å². The van der Waals surface area contributed by atoms with E-state index < -0.39 is 5.41 Å². The summed E-state index contributed by atoms with van der Waals surface area (Å²) < 4.78 is 0. The fourth-order valence-corrected chi connectivity index (χ4v) is 6.31. The quantitative estimate of drug-likeness (QED) is 0.232. The molecule has 204 valence electrons. The van der Waals surface area contributed by atoms with E-state index in [4.69, 9.17) is 15.0 Å². The molecule has 2 heterocycles. The van der Waals surface area contributed by atoms with Crippen molar-refractivity contribution >= 4 is 27.4 Å². The zero-order valence-electron chi connectivity index (χ0n) is 23.5. The van der Waals surface area contributed by atoms with Crippen LogP contribution in [0, 0.1) is 0 Å². The third-order valence-corrected chi connectivity index (χ3v) is 8.41. The van der Waals surface area contributed by atoms with Gasteiger partial charge < -0.3 is 4.98 Å². The average molecular weight is 553 g/mol. The summed E-state index contributed by atoms with van der Waals surface area (Å²) in [5.74, 6) is 2.05. The molecule has 1 atom stereocenters. The highest BCUT2D eigenvalue weighted by molar-refractivity contribution is 6.08. The Labute approximate surface area is 250 Å². The molecule has 0 saturated carbocycles. The molecule has 0 saturated heterocycles. The lowest BCUT2D eigenvalue weighted by atomic mass is 9.70. The lowest BCUT2D eigenvalue weighted by Crippen LogP contribution is -2.31. The summed E-state index contributed by atoms with van der Waals surface area (Å²) in [4.78, 5) is 19.3. The molecule has 0 spiro atoms. The maximum Gasteiger partial charge on any atom is 0.163 e. The molecule has 1 aliphatic carbocycles. The van der Waals surface area contributed by atoms with Gasteiger partial charge in [0.2, 0.25) is 0 Å². The van der Waals surface area contributed by atoms with E-state index in [1.165, 1.54) is 21.9 Å². The molecule has 2 aromatic heterocycles. The van der Waals surface area contributed by atoms with Crippen molar-refractivity contribution in [1.82, 2.24) is 19.9 Å². The Hall–Kier alpha value is -5.61. The van der Waals surface area contributed by atoms with Crippen LogP contribution in [0.15, 0.2) is 152 Å². The number of aromatic nitrogens is 4. The minimum absolute atomic E-state index is 0.656. The molecule has 0 aliphatic heterocycles. The van der Waals surface area contributed by atoms with Crippen molar-refractivity contribution in [3.05, 3.63) is 169 Å². The Bertz CT molecular complexity index is 2090. The molecule has 7 aromatic rings. The van der Waals surface area contributed by atoms with Crippen LogP contribution >= 0.6 is 0 Å². The third-order valence-electron chi connectivity index (χ3n) is 8.41. The number of rotatable bonds is 5. The number of nitrogens with one attached hydrogen (secondary N) is 1. The number of fused-ring (bicyclic) bond motifs is 3. The summed E-state index contributed by atoms with van der Waals surface area (Å²) in [6.07, 6.45) is 7.37. The van der Waals surface area contributed by atoms with Crippen LogP contribution in [0.25, 0.3) is 50.2 Å². The second kappa shape index (κ2) is 10.3. The van der Waals surface area contributed by atoms with Gasteiger partial charge >= 0.3 is 0 Å². The fourth-order valence-electron chi connectivity index (χ4n) is 6.31. The topological polar surface area (TPSA) is 54.5 Å². The van der Waals surface area contributed by atoms with Crippen LogP contribution in [0.2, 0.25) is 0 Å². The summed E-state index contributed by atoms with van der Waals surface area (Å²) in [7, 11) is 0. The van der Waals surface area contributed by atoms with Gasteiger partial charge in [-0.3, -0.25) is 0 Å². The first kappa shape index (κ1) is 25.1. The maximum absolute atomic E-state index is 5.28. The lowest BCUT2D eigenvalue weighted by Gasteiger charge is -2.34. The van der Waals surface area contributed by atoms with Crippen molar-refractivity contribution in [3.8, 4) is 22.8 Å². The number of nitrogens with zero attached hydrogens (tertiary/aromatic N) is 3. The number of H-pyrrole nitrogens is 1. The molecule has 4 heteroatoms. The minimum atomic E-state index is -0.656. The lowest BCUT2D eigenvalue weighted by molar-refractivity contribution is 0.608. The normalized spacial score (nSPS) is 16.4. The third kappa shape index (κ3) is 4.36. The van der Waals surface area contributed by atoms with Crippen LogP contribution in [-0.2, 0) is 5.41 Å². The predicted octanol–water partition coefficient (Wildman–Crippen LogP) is 9.17. The molecular weight excluding hydrogens is 524 g/mol. The SMILES string of the molecule is C1=CC(c2nc(-c3ccccc3)nc(-c3ccccc3)n2)(c2cccc3c2[nH]c2ccccc23)CC(c2ccccc2)=C1. The number of para-hydroxylation sites is 2. The van der Waals surface area contributed by atoms with Crippen molar-refractivity contribution in [2.45, 2.75) is 11.8 Å². The van der Waals surface area contributed by atoms with Crippen molar-refractivity contribution in [1.29, 1.82) is 0 Å². The van der Waals surface area contributed by atoms with Gasteiger partial charge in [-0.05, 0) is 29.2 Å². The van der Waals surface area contributed by atoms with E-state index in [9.17, 15) is 0 Å². The van der Waals surface area contributed by atoms with Crippen LogP contribution in [0.1, 0.15) is 23.4 Å². The van der Waals surface area contributed by atoms with E-state index in [0.29, 0.717) is 18.1 Å². The highest BCUT2D eigenvalue weighted by Gasteiger charge is 2.40. The smallest absolute Gasteiger partial charge is 0.163 e. The van der Waals surface area contributed by atoms with Crippen molar-refractivity contribution in [3.63, 3.8) is 0 Å². The Balaban J connectivity index is 1.43. The second-order valence-corrected chi connectivity index (χ2v) is 11.0. The molecule has 0 amide bonds. The number of aromatic amines is 1. The van der Waals surface area contributed by atoms with Crippen LogP contribution in [0.4, 0.5) is 0 Å². The Morgan fingerprint density at radius 1 is 0.535 bits per heavy atom. The number of hydrogen-bond donors (Lipinski definition) is 1. The first-order chi connectivity index (χ1) is 21.3. The van der Waals surface area contributed by atoms with Gasteiger partial charge in [0, 0.05) is 27.4 Å². The second-order valence-electron chi connectivity index (χ2n) is 11.0. The van der Waals surface area contributed by atoms with Gasteiger partial charge in [0.25, 0.3) is 0 Å². The first-order valence-corrected chi connectivity index (χ1v) is 14.6. The zero-order chi connectivity index (χ0) is 28.6. The Kier molecular flexibility index (Phi) is 6.04. The molecular formula is C39H28N4. The minimum Gasteiger partial charge on any atom is -0.354 e. The van der Waals surface area contributed by atoms with Crippen LogP contribution in [-0.4, -0.2) is 19.9 Å². The highest BCUT2D eigenvalue weighted by Crippen LogP contribution is 2.46. The van der Waals surface area contributed by atoms with E-state index in [-0.39, 0.29) is 0 Å². The average Bonchev–Trinajstić information content (AvgIpc) is 3.48. The monoisotopic (exact) mass is 552 g/mol. The summed E-state index contributed by atoms with van der Waals surface area (Å²) >= 11 is 0. The van der Waals surface area contributed by atoms with Crippen LogP contribution in [0.3, 0.4) is 0 Å². The molecule has 0 radical (unpaired) electrons. The van der Waals surface area contributed by atoms with E-state index in [0.717, 1.165) is 33.5 Å². The van der Waals surface area contributed by atoms with E-state index in [1.807, 2.05) is 36.4 Å². The zero-order valence-corrected chi connectivity index (χ0v) is 23.5. The van der Waals surface area contributed by atoms with Crippen molar-refractivity contribution in [2.24, 2.45) is 0 Å². The standard InChI is InChI=1S/C39H28N4/c1-4-14-27(15-5-1)30-20-13-25-39(26-30,33-23-12-22-32-31-21-10-11-24-34(31)40-35(32)33)38-42-36(28-16-6-2-7-17-28)41-37(43-38)29-18-8-3-9-19-29/h1-25,40H,26H2. The number of benzene rings is 5. The molecule has 43 heavy (non-hydrogen) atoms. The van der Waals surface area contributed by atoms with Gasteiger partial charge in [-0.1, -0.05) is 146 Å². The number of hydrogen-bond acceptors (Lipinski definition) is 3. The summed E-state index contributed by atoms with van der Waals surface area (Å²) in [6, 6.07) is 46.1. The van der Waals surface area contributed by atoms with Gasteiger partial charge in [0.05, 0.1) is 10.9 Å². The van der Waals surface area contributed by atoms with Gasteiger partial charge in [-0.2, -0.15) is 0 Å². The molecule has 0 fully saturated rings. The number of allylic oxidation sites excluding steroid dienone is 4. The largest absolute Gasteiger partial charge is 0.354 e. The van der Waals surface area contributed by atoms with Gasteiger partial charge in [0.1, 0.15) is 5.82 Å². The highest BCUT2D eigenvalue weighted by atomic mass is 15.0. The van der Waals surface area contributed by atoms with E-state index in [1.54, 1.807) is 0 Å². The summed E-state index contributed by atoms with van der Waals surface area (Å²) in [6.45, 7) is 0. The molecule has 1 aliphatic rings. The Morgan fingerprint density at radius 2 is 1.12 bits per heavy atom. The van der Waals surface area contributed by atoms with E-state index >= 15 is 0 Å². The first-order valence-electron chi connectivity index (χ1n) is 14.6. The molecule has 8 rings (SSSR count). The fraction of sp³-hybridized carbons (Fsp3) is 0.0513. The summed E-state index contributed by atoms with van der Waals surface area (Å²) in [5, 5.41) is 2.40. The maximum atomic E-state index is 5.28. The van der Waals surface area contributed by atoms with E-state index in [2.05, 4.69) is 120 Å². The molecule has 1 N–H and O–H groups in total. The van der Waals surface area contributed by atoms with Crippen LogP contribution in [0.5, 0.6) is 0 Å². The molecule has 0 bridgehead atoms. The predicted molar refractivity (Wildman–Crippen MR) is 175 cm³/mol. The molecule has 1 unspecified atom stereocenters.